The number of hydrogen-bond acceptors (Lipinski definition) is 4. The minimum absolute atomic E-state index is 0.168. The second kappa shape index (κ2) is 8.64. The number of aryl methyl sites for hydroxylation is 1. The number of thioether (sulfide) groups is 1. The largest absolute Gasteiger partial charge is 0.340 e. The number of rotatable bonds is 10. The molecule has 128 valence electrons. The van der Waals surface area contributed by atoms with E-state index in [1.165, 1.54) is 0 Å². The highest BCUT2D eigenvalue weighted by Gasteiger charge is 2.42. The van der Waals surface area contributed by atoms with Gasteiger partial charge in [0.15, 0.2) is 10.6 Å². The molecule has 0 radical (unpaired) electrons. The van der Waals surface area contributed by atoms with Crippen LogP contribution in [0.25, 0.3) is 0 Å². The highest BCUT2D eigenvalue weighted by atomic mass is 32.2. The van der Waals surface area contributed by atoms with Crippen LogP contribution in [0.2, 0.25) is 0 Å². The number of unbranched alkanes of at least 4 members (excludes halogenated alkanes) is 3. The molecular formula is C11H22N2O6P2S. The summed E-state index contributed by atoms with van der Waals surface area (Å²) in [6.45, 7) is 1.93. The Morgan fingerprint density at radius 1 is 1.14 bits per heavy atom. The predicted octanol–water partition coefficient (Wildman–Crippen LogP) is 2.44. The molecule has 0 aliphatic carbocycles. The van der Waals surface area contributed by atoms with E-state index in [0.717, 1.165) is 29.4 Å². The van der Waals surface area contributed by atoms with Crippen molar-refractivity contribution in [2.75, 3.05) is 5.75 Å². The minimum Gasteiger partial charge on any atom is -0.337 e. The minimum atomic E-state index is -4.78. The summed E-state index contributed by atoms with van der Waals surface area (Å²) >= 11 is 1.60. The highest BCUT2D eigenvalue weighted by Crippen LogP contribution is 2.61. The Morgan fingerprint density at radius 3 is 2.23 bits per heavy atom. The van der Waals surface area contributed by atoms with E-state index in [4.69, 9.17) is 19.6 Å². The van der Waals surface area contributed by atoms with Crippen LogP contribution < -0.4 is 0 Å². The second-order valence-electron chi connectivity index (χ2n) is 5.08. The molecule has 5 N–H and O–H groups in total. The highest BCUT2D eigenvalue weighted by molar-refractivity contribution is 7.99. The van der Waals surface area contributed by atoms with Crippen LogP contribution >= 0.6 is 27.0 Å². The first-order valence-corrected chi connectivity index (χ1v) is 11.2. The van der Waals surface area contributed by atoms with E-state index in [2.05, 4.69) is 9.97 Å². The van der Waals surface area contributed by atoms with E-state index in [1.54, 1.807) is 18.0 Å². The molecular weight excluding hydrogens is 350 g/mol. The lowest BCUT2D eigenvalue weighted by Gasteiger charge is -2.19. The molecule has 0 spiro atoms. The van der Waals surface area contributed by atoms with Crippen LogP contribution in [0, 0.1) is 6.92 Å². The fourth-order valence-electron chi connectivity index (χ4n) is 1.95. The summed E-state index contributed by atoms with van der Waals surface area (Å²) in [4.78, 5) is 43.2. The summed E-state index contributed by atoms with van der Waals surface area (Å²) in [5.41, 5.74) is 1.00. The third-order valence-corrected chi connectivity index (χ3v) is 7.90. The van der Waals surface area contributed by atoms with Gasteiger partial charge in [0, 0.05) is 17.6 Å². The zero-order chi connectivity index (χ0) is 16.8. The molecule has 0 atom stereocenters. The van der Waals surface area contributed by atoms with Gasteiger partial charge in [0.2, 0.25) is 0 Å². The average Bonchev–Trinajstić information content (AvgIpc) is 2.75. The lowest BCUT2D eigenvalue weighted by molar-refractivity contribution is 0.333. The second-order valence-corrected chi connectivity index (χ2v) is 10.2. The van der Waals surface area contributed by atoms with Crippen LogP contribution in [0.1, 0.15) is 37.8 Å². The van der Waals surface area contributed by atoms with Gasteiger partial charge in [0.25, 0.3) is 0 Å². The van der Waals surface area contributed by atoms with Gasteiger partial charge >= 0.3 is 15.2 Å². The standard InChI is InChI=1S/C11H22N2O6P2S/c1-9-8-12-11(13-9)22-7-5-3-2-4-6-10(20(14,15)16)21(17,18)19/h8,10H,2-7H2,1H3,(H,12,13)(H2,14,15,16)(H2,17,18,19). The summed E-state index contributed by atoms with van der Waals surface area (Å²) in [6, 6.07) is 0. The molecule has 0 saturated carbocycles. The predicted molar refractivity (Wildman–Crippen MR) is 85.0 cm³/mol. The summed E-state index contributed by atoms with van der Waals surface area (Å²) in [7, 11) is -9.55. The van der Waals surface area contributed by atoms with Crippen LogP contribution in [-0.2, 0) is 9.13 Å². The molecule has 1 aromatic heterocycles. The van der Waals surface area contributed by atoms with Gasteiger partial charge in [0.1, 0.15) is 0 Å². The van der Waals surface area contributed by atoms with Crippen molar-refractivity contribution < 1.29 is 28.7 Å². The van der Waals surface area contributed by atoms with E-state index in [9.17, 15) is 9.13 Å². The van der Waals surface area contributed by atoms with Gasteiger partial charge in [-0.3, -0.25) is 9.13 Å². The molecule has 22 heavy (non-hydrogen) atoms. The number of H-pyrrole nitrogens is 1. The molecule has 1 heterocycles. The van der Waals surface area contributed by atoms with Crippen molar-refractivity contribution in [2.24, 2.45) is 0 Å². The summed E-state index contributed by atoms with van der Waals surface area (Å²) < 4.78 is 22.2. The molecule has 0 amide bonds. The molecule has 0 aliphatic rings. The molecule has 1 rings (SSSR count). The van der Waals surface area contributed by atoms with Crippen molar-refractivity contribution in [1.82, 2.24) is 9.97 Å². The van der Waals surface area contributed by atoms with Crippen molar-refractivity contribution in [3.63, 3.8) is 0 Å². The summed E-state index contributed by atoms with van der Waals surface area (Å²) in [6.07, 6.45) is 4.38. The first-order chi connectivity index (χ1) is 10.1. The Labute approximate surface area is 133 Å². The van der Waals surface area contributed by atoms with Gasteiger partial charge in [-0.2, -0.15) is 0 Å². The molecule has 8 nitrogen and oxygen atoms in total. The third kappa shape index (κ3) is 7.42. The average molecular weight is 372 g/mol. The van der Waals surface area contributed by atoms with Crippen molar-refractivity contribution in [1.29, 1.82) is 0 Å². The molecule has 1 aromatic rings. The van der Waals surface area contributed by atoms with Crippen LogP contribution in [0.4, 0.5) is 0 Å². The van der Waals surface area contributed by atoms with E-state index in [-0.39, 0.29) is 6.42 Å². The monoisotopic (exact) mass is 372 g/mol. The molecule has 0 fully saturated rings. The van der Waals surface area contributed by atoms with Crippen molar-refractivity contribution in [3.8, 4) is 0 Å². The normalized spacial score (nSPS) is 13.0. The van der Waals surface area contributed by atoms with Gasteiger partial charge in [-0.1, -0.05) is 31.0 Å². The Morgan fingerprint density at radius 2 is 1.73 bits per heavy atom. The van der Waals surface area contributed by atoms with E-state index >= 15 is 0 Å². The van der Waals surface area contributed by atoms with Crippen LogP contribution in [-0.4, -0.2) is 40.7 Å². The van der Waals surface area contributed by atoms with Crippen LogP contribution in [0.5, 0.6) is 0 Å². The lowest BCUT2D eigenvalue weighted by atomic mass is 10.2. The molecule has 0 unspecified atom stereocenters. The van der Waals surface area contributed by atoms with Crippen LogP contribution in [0.15, 0.2) is 11.4 Å². The van der Waals surface area contributed by atoms with E-state index < -0.39 is 20.6 Å². The maximum atomic E-state index is 11.1. The molecule has 0 saturated heterocycles. The molecule has 0 aromatic carbocycles. The maximum absolute atomic E-state index is 11.1. The number of hydrogen-bond donors (Lipinski definition) is 5. The number of nitrogens with zero attached hydrogens (tertiary/aromatic N) is 1. The Kier molecular flexibility index (Phi) is 7.82. The van der Waals surface area contributed by atoms with Crippen molar-refractivity contribution in [3.05, 3.63) is 11.9 Å². The first kappa shape index (κ1) is 19.9. The topological polar surface area (TPSA) is 144 Å². The quantitative estimate of drug-likeness (QED) is 0.239. The first-order valence-electron chi connectivity index (χ1n) is 6.85. The smallest absolute Gasteiger partial charge is 0.337 e. The van der Waals surface area contributed by atoms with Gasteiger partial charge < -0.3 is 24.6 Å². The SMILES string of the molecule is Cc1cnc(SCCCCCCC(P(=O)(O)O)P(=O)(O)O)[nH]1. The molecule has 0 aliphatic heterocycles. The summed E-state index contributed by atoms with van der Waals surface area (Å²) in [5.74, 6) is 0.868. The van der Waals surface area contributed by atoms with Gasteiger partial charge in [-0.05, 0) is 19.8 Å². The number of nitrogens with one attached hydrogen (secondary N) is 1. The van der Waals surface area contributed by atoms with E-state index in [0.29, 0.717) is 12.8 Å². The van der Waals surface area contributed by atoms with Crippen molar-refractivity contribution >= 4 is 27.0 Å². The number of aromatic amines is 1. The molecule has 11 heteroatoms. The third-order valence-electron chi connectivity index (χ3n) is 3.05. The molecule has 0 bridgehead atoms. The number of aromatic nitrogens is 2. The van der Waals surface area contributed by atoms with E-state index in [1.807, 2.05) is 6.92 Å². The Hall–Kier alpha value is -0.140. The zero-order valence-electron chi connectivity index (χ0n) is 12.3. The van der Waals surface area contributed by atoms with Gasteiger partial charge in [0.05, 0.1) is 0 Å². The lowest BCUT2D eigenvalue weighted by Crippen LogP contribution is -2.09. The van der Waals surface area contributed by atoms with Crippen LogP contribution in [0.3, 0.4) is 0 Å². The summed E-state index contributed by atoms with van der Waals surface area (Å²) in [5, 5.41) is -1.01. The fourth-order valence-corrected chi connectivity index (χ4v) is 5.45. The van der Waals surface area contributed by atoms with Gasteiger partial charge in [-0.25, -0.2) is 4.98 Å². The number of imidazole rings is 1. The maximum Gasteiger partial charge on any atom is 0.340 e. The van der Waals surface area contributed by atoms with Crippen molar-refractivity contribution in [2.45, 2.75) is 49.6 Å². The van der Waals surface area contributed by atoms with Gasteiger partial charge in [-0.15, -0.1) is 0 Å². The fraction of sp³-hybridized carbons (Fsp3) is 0.727. The Bertz CT molecular complexity index is 533. The Balaban J connectivity index is 2.19. The zero-order valence-corrected chi connectivity index (χ0v) is 14.9.